The van der Waals surface area contributed by atoms with Gasteiger partial charge < -0.3 is 10.4 Å². The summed E-state index contributed by atoms with van der Waals surface area (Å²) in [5.74, 6) is 0.0652. The molecule has 1 aromatic rings. The maximum Gasteiger partial charge on any atom is 0.221 e. The number of aliphatic hydroxyl groups is 1. The third kappa shape index (κ3) is 3.78. The summed E-state index contributed by atoms with van der Waals surface area (Å²) in [4.78, 5) is 13.3. The Morgan fingerprint density at radius 1 is 1.37 bits per heavy atom. The second kappa shape index (κ2) is 6.32. The minimum atomic E-state index is -0.596. The van der Waals surface area contributed by atoms with Crippen molar-refractivity contribution in [2.45, 2.75) is 12.5 Å². The first-order chi connectivity index (χ1) is 9.19. The zero-order valence-electron chi connectivity index (χ0n) is 10.7. The highest BCUT2D eigenvalue weighted by Gasteiger charge is 2.17. The minimum absolute atomic E-state index is 0.0652. The van der Waals surface area contributed by atoms with Crippen LogP contribution in [-0.4, -0.2) is 42.1 Å². The average Bonchev–Trinajstić information content (AvgIpc) is 2.64. The van der Waals surface area contributed by atoms with Gasteiger partial charge in [0.1, 0.15) is 0 Å². The normalized spacial score (nSPS) is 18.2. The van der Waals surface area contributed by atoms with E-state index in [-0.39, 0.29) is 5.91 Å². The fourth-order valence-electron chi connectivity index (χ4n) is 2.13. The van der Waals surface area contributed by atoms with Gasteiger partial charge in [0.15, 0.2) is 0 Å². The molecule has 2 N–H and O–H groups in total. The number of nitrogens with zero attached hydrogens (tertiary/aromatic N) is 2. The van der Waals surface area contributed by atoms with Gasteiger partial charge in [0.25, 0.3) is 0 Å². The molecule has 1 aromatic carbocycles. The van der Waals surface area contributed by atoms with Crippen molar-refractivity contribution in [3.05, 3.63) is 35.4 Å². The van der Waals surface area contributed by atoms with E-state index in [1.165, 1.54) is 0 Å². The van der Waals surface area contributed by atoms with E-state index in [0.717, 1.165) is 12.1 Å². The second-order valence-corrected chi connectivity index (χ2v) is 4.65. The molecular weight excluding hydrogens is 242 g/mol. The predicted molar refractivity (Wildman–Crippen MR) is 70.2 cm³/mol. The molecule has 2 rings (SSSR count). The highest BCUT2D eigenvalue weighted by atomic mass is 16.3. The smallest absolute Gasteiger partial charge is 0.221 e. The van der Waals surface area contributed by atoms with E-state index in [0.29, 0.717) is 31.6 Å². The molecule has 1 amide bonds. The molecule has 0 aromatic heterocycles. The summed E-state index contributed by atoms with van der Waals surface area (Å²) in [5, 5.41) is 21.7. The van der Waals surface area contributed by atoms with Crippen molar-refractivity contribution >= 4 is 5.91 Å². The summed E-state index contributed by atoms with van der Waals surface area (Å²) in [5.41, 5.74) is 1.38. The van der Waals surface area contributed by atoms with Crippen molar-refractivity contribution in [3.63, 3.8) is 0 Å². The lowest BCUT2D eigenvalue weighted by Crippen LogP contribution is -2.32. The molecule has 0 saturated carbocycles. The molecule has 1 saturated heterocycles. The Kier molecular flexibility index (Phi) is 4.50. The number of rotatable bonds is 3. The summed E-state index contributed by atoms with van der Waals surface area (Å²) < 4.78 is 0. The first-order valence-corrected chi connectivity index (χ1v) is 6.36. The standard InChI is InChI=1S/C14H17N3O2/c15-9-11-1-3-12(4-2-11)13(18)10-17-7-5-14(19)16-6-8-17/h1-4,13,18H,5-8,10H2,(H,16,19). The number of nitriles is 1. The van der Waals surface area contributed by atoms with E-state index >= 15 is 0 Å². The van der Waals surface area contributed by atoms with Gasteiger partial charge in [0.2, 0.25) is 5.91 Å². The van der Waals surface area contributed by atoms with Crippen molar-refractivity contribution < 1.29 is 9.90 Å². The second-order valence-electron chi connectivity index (χ2n) is 4.65. The highest BCUT2D eigenvalue weighted by molar-refractivity contribution is 5.76. The van der Waals surface area contributed by atoms with Crippen molar-refractivity contribution in [3.8, 4) is 6.07 Å². The fraction of sp³-hybridized carbons (Fsp3) is 0.429. The Balaban J connectivity index is 1.94. The number of carbonyl (C=O) groups excluding carboxylic acids is 1. The molecule has 5 nitrogen and oxygen atoms in total. The van der Waals surface area contributed by atoms with E-state index in [4.69, 9.17) is 5.26 Å². The molecule has 5 heteroatoms. The van der Waals surface area contributed by atoms with Gasteiger partial charge in [-0.05, 0) is 17.7 Å². The zero-order valence-corrected chi connectivity index (χ0v) is 10.7. The first-order valence-electron chi connectivity index (χ1n) is 6.36. The largest absolute Gasteiger partial charge is 0.387 e. The van der Waals surface area contributed by atoms with Gasteiger partial charge in [-0.2, -0.15) is 5.26 Å². The maximum atomic E-state index is 11.2. The quantitative estimate of drug-likeness (QED) is 0.824. The number of amides is 1. The fourth-order valence-corrected chi connectivity index (χ4v) is 2.13. The van der Waals surface area contributed by atoms with Crippen LogP contribution in [0.4, 0.5) is 0 Å². The van der Waals surface area contributed by atoms with Gasteiger partial charge in [-0.25, -0.2) is 0 Å². The summed E-state index contributed by atoms with van der Waals surface area (Å²) in [6.45, 7) is 2.54. The van der Waals surface area contributed by atoms with Gasteiger partial charge in [-0.1, -0.05) is 12.1 Å². The Labute approximate surface area is 112 Å². The monoisotopic (exact) mass is 259 g/mol. The number of carbonyl (C=O) groups is 1. The van der Waals surface area contributed by atoms with Crippen LogP contribution >= 0.6 is 0 Å². The molecule has 0 spiro atoms. The van der Waals surface area contributed by atoms with Gasteiger partial charge in [-0.15, -0.1) is 0 Å². The Morgan fingerprint density at radius 2 is 2.11 bits per heavy atom. The number of hydrogen-bond donors (Lipinski definition) is 2. The van der Waals surface area contributed by atoms with Crippen LogP contribution in [0.1, 0.15) is 23.7 Å². The van der Waals surface area contributed by atoms with Crippen LogP contribution in [0.25, 0.3) is 0 Å². The molecular formula is C14H17N3O2. The predicted octanol–water partition coefficient (Wildman–Crippen LogP) is 0.414. The zero-order chi connectivity index (χ0) is 13.7. The van der Waals surface area contributed by atoms with Crippen LogP contribution in [0.15, 0.2) is 24.3 Å². The molecule has 0 aliphatic carbocycles. The van der Waals surface area contributed by atoms with E-state index in [9.17, 15) is 9.90 Å². The van der Waals surface area contributed by atoms with Crippen LogP contribution in [0.3, 0.4) is 0 Å². The van der Waals surface area contributed by atoms with Crippen LogP contribution in [0, 0.1) is 11.3 Å². The summed E-state index contributed by atoms with van der Waals surface area (Å²) >= 11 is 0. The van der Waals surface area contributed by atoms with Gasteiger partial charge in [0.05, 0.1) is 17.7 Å². The number of hydrogen-bond acceptors (Lipinski definition) is 4. The lowest BCUT2D eigenvalue weighted by atomic mass is 10.1. The summed E-state index contributed by atoms with van der Waals surface area (Å²) in [6.07, 6.45) is -0.124. The molecule has 1 atom stereocenters. The minimum Gasteiger partial charge on any atom is -0.387 e. The van der Waals surface area contributed by atoms with E-state index in [2.05, 4.69) is 10.2 Å². The number of nitrogens with one attached hydrogen (secondary N) is 1. The van der Waals surface area contributed by atoms with E-state index in [1.807, 2.05) is 6.07 Å². The van der Waals surface area contributed by atoms with Crippen LogP contribution in [0.5, 0.6) is 0 Å². The average molecular weight is 259 g/mol. The molecule has 19 heavy (non-hydrogen) atoms. The summed E-state index contributed by atoms with van der Waals surface area (Å²) in [7, 11) is 0. The van der Waals surface area contributed by atoms with Crippen LogP contribution < -0.4 is 5.32 Å². The number of β-amino-alcohol motifs (C(OH)–C–C–N with tert-alkyl or cyclic N) is 1. The van der Waals surface area contributed by atoms with Crippen LogP contribution in [-0.2, 0) is 4.79 Å². The molecule has 1 heterocycles. The van der Waals surface area contributed by atoms with Crippen molar-refractivity contribution in [1.29, 1.82) is 5.26 Å². The molecule has 1 fully saturated rings. The molecule has 100 valence electrons. The third-order valence-corrected chi connectivity index (χ3v) is 3.26. The first kappa shape index (κ1) is 13.5. The molecule has 1 unspecified atom stereocenters. The number of benzene rings is 1. The summed E-state index contributed by atoms with van der Waals surface area (Å²) in [6, 6.07) is 8.99. The van der Waals surface area contributed by atoms with Crippen molar-refractivity contribution in [2.24, 2.45) is 0 Å². The van der Waals surface area contributed by atoms with Gasteiger partial charge in [-0.3, -0.25) is 9.69 Å². The Hall–Kier alpha value is -1.90. The van der Waals surface area contributed by atoms with Crippen molar-refractivity contribution in [1.82, 2.24) is 10.2 Å². The van der Waals surface area contributed by atoms with E-state index < -0.39 is 6.10 Å². The Bertz CT molecular complexity index is 478. The lowest BCUT2D eigenvalue weighted by Gasteiger charge is -2.22. The molecule has 0 radical (unpaired) electrons. The topological polar surface area (TPSA) is 76.4 Å². The van der Waals surface area contributed by atoms with Crippen LogP contribution in [0.2, 0.25) is 0 Å². The number of aliphatic hydroxyl groups excluding tert-OH is 1. The lowest BCUT2D eigenvalue weighted by molar-refractivity contribution is -0.120. The molecule has 1 aliphatic rings. The van der Waals surface area contributed by atoms with Gasteiger partial charge >= 0.3 is 0 Å². The highest BCUT2D eigenvalue weighted by Crippen LogP contribution is 2.15. The van der Waals surface area contributed by atoms with Gasteiger partial charge in [0, 0.05) is 32.6 Å². The Morgan fingerprint density at radius 3 is 2.79 bits per heavy atom. The SMILES string of the molecule is N#Cc1ccc(C(O)CN2CCNC(=O)CC2)cc1. The maximum absolute atomic E-state index is 11.2. The molecule has 0 bridgehead atoms. The van der Waals surface area contributed by atoms with E-state index in [1.54, 1.807) is 24.3 Å². The third-order valence-electron chi connectivity index (χ3n) is 3.26. The molecule has 1 aliphatic heterocycles. The van der Waals surface area contributed by atoms with Crippen molar-refractivity contribution in [2.75, 3.05) is 26.2 Å².